The molecule has 2 heterocycles. The molecule has 1 aliphatic heterocycles. The fourth-order valence-corrected chi connectivity index (χ4v) is 5.28. The molecule has 0 saturated carbocycles. The van der Waals surface area contributed by atoms with Crippen molar-refractivity contribution < 1.29 is 13.5 Å². The Kier molecular flexibility index (Phi) is 4.37. The summed E-state index contributed by atoms with van der Waals surface area (Å²) in [5, 5.41) is 11.2. The van der Waals surface area contributed by atoms with Crippen LogP contribution in [-0.2, 0) is 16.6 Å². The van der Waals surface area contributed by atoms with Crippen LogP contribution in [-0.4, -0.2) is 40.6 Å². The zero-order valence-electron chi connectivity index (χ0n) is 15.5. The predicted octanol–water partition coefficient (Wildman–Crippen LogP) is 3.22. The second kappa shape index (κ2) is 6.48. The van der Waals surface area contributed by atoms with E-state index in [0.29, 0.717) is 12.1 Å². The number of hydrogen-bond acceptors (Lipinski definition) is 4. The molecule has 4 rings (SSSR count). The van der Waals surface area contributed by atoms with E-state index in [1.807, 2.05) is 38.1 Å². The van der Waals surface area contributed by atoms with Gasteiger partial charge in [0.15, 0.2) is 0 Å². The summed E-state index contributed by atoms with van der Waals surface area (Å²) in [7, 11) is -3.63. The summed E-state index contributed by atoms with van der Waals surface area (Å²) in [6, 6.07) is 16.2. The quantitative estimate of drug-likeness (QED) is 0.734. The lowest BCUT2D eigenvalue weighted by molar-refractivity contribution is -0.0737. The highest BCUT2D eigenvalue weighted by Crippen LogP contribution is 2.32. The van der Waals surface area contributed by atoms with E-state index in [1.54, 1.807) is 36.5 Å². The van der Waals surface area contributed by atoms with Gasteiger partial charge in [0.2, 0.25) is 0 Å². The van der Waals surface area contributed by atoms with Crippen molar-refractivity contribution in [2.24, 2.45) is 0 Å². The Morgan fingerprint density at radius 3 is 2.44 bits per heavy atom. The van der Waals surface area contributed by atoms with Crippen LogP contribution in [0.25, 0.3) is 10.9 Å². The molecule has 6 heteroatoms. The van der Waals surface area contributed by atoms with Crippen molar-refractivity contribution in [2.45, 2.75) is 43.4 Å². The second-order valence-corrected chi connectivity index (χ2v) is 9.52. The monoisotopic (exact) mass is 384 g/mol. The van der Waals surface area contributed by atoms with Crippen molar-refractivity contribution in [3.63, 3.8) is 0 Å². The van der Waals surface area contributed by atoms with Gasteiger partial charge in [0.25, 0.3) is 10.0 Å². The zero-order chi connectivity index (χ0) is 19.2. The van der Waals surface area contributed by atoms with Gasteiger partial charge in [-0.05, 0) is 50.1 Å². The molecule has 1 N–H and O–H groups in total. The van der Waals surface area contributed by atoms with Crippen LogP contribution >= 0.6 is 0 Å². The molecular weight excluding hydrogens is 360 g/mol. The maximum Gasteiger partial charge on any atom is 0.268 e. The average Bonchev–Trinajstić information content (AvgIpc) is 3.03. The van der Waals surface area contributed by atoms with Crippen LogP contribution in [0.3, 0.4) is 0 Å². The van der Waals surface area contributed by atoms with Crippen molar-refractivity contribution >= 4 is 20.9 Å². The first-order valence-corrected chi connectivity index (χ1v) is 10.6. The van der Waals surface area contributed by atoms with E-state index in [1.165, 1.54) is 3.97 Å². The fraction of sp³-hybridized carbons (Fsp3) is 0.333. The Labute approximate surface area is 159 Å². The maximum absolute atomic E-state index is 13.0. The molecule has 0 amide bonds. The van der Waals surface area contributed by atoms with Gasteiger partial charge in [-0.25, -0.2) is 12.4 Å². The molecule has 27 heavy (non-hydrogen) atoms. The van der Waals surface area contributed by atoms with Gasteiger partial charge in [-0.3, -0.25) is 4.90 Å². The normalized spacial score (nSPS) is 18.6. The molecule has 3 aromatic rings. The third-order valence-corrected chi connectivity index (χ3v) is 7.11. The number of rotatable bonds is 5. The average molecular weight is 385 g/mol. The SMILES string of the molecule is CC(C)(O)[C@@H]1CCN1Cc1cccc2c1ccn2S(=O)(=O)c1ccccc1. The summed E-state index contributed by atoms with van der Waals surface area (Å²) in [4.78, 5) is 2.52. The highest BCUT2D eigenvalue weighted by atomic mass is 32.2. The van der Waals surface area contributed by atoms with Gasteiger partial charge >= 0.3 is 0 Å². The largest absolute Gasteiger partial charge is 0.389 e. The predicted molar refractivity (Wildman–Crippen MR) is 106 cm³/mol. The first-order chi connectivity index (χ1) is 12.8. The Balaban J connectivity index is 1.71. The molecule has 0 bridgehead atoms. The lowest BCUT2D eigenvalue weighted by atomic mass is 9.87. The number of nitrogens with zero attached hydrogens (tertiary/aromatic N) is 2. The molecule has 1 atom stereocenters. The van der Waals surface area contributed by atoms with Gasteiger partial charge in [0, 0.05) is 30.7 Å². The number of likely N-dealkylation sites (tertiary alicyclic amines) is 1. The van der Waals surface area contributed by atoms with Crippen molar-refractivity contribution in [2.75, 3.05) is 6.54 Å². The molecule has 1 aromatic heterocycles. The molecular formula is C21H24N2O3S. The van der Waals surface area contributed by atoms with E-state index in [4.69, 9.17) is 0 Å². The molecule has 1 saturated heterocycles. The Morgan fingerprint density at radius 1 is 1.07 bits per heavy atom. The van der Waals surface area contributed by atoms with Crippen molar-refractivity contribution in [3.05, 3.63) is 66.4 Å². The van der Waals surface area contributed by atoms with E-state index >= 15 is 0 Å². The van der Waals surface area contributed by atoms with Gasteiger partial charge < -0.3 is 5.11 Å². The Hall–Kier alpha value is -2.15. The topological polar surface area (TPSA) is 62.5 Å². The smallest absolute Gasteiger partial charge is 0.268 e. The van der Waals surface area contributed by atoms with E-state index in [9.17, 15) is 13.5 Å². The lowest BCUT2D eigenvalue weighted by Crippen LogP contribution is -2.57. The van der Waals surface area contributed by atoms with Gasteiger partial charge in [0.1, 0.15) is 0 Å². The van der Waals surface area contributed by atoms with Crippen LogP contribution < -0.4 is 0 Å². The van der Waals surface area contributed by atoms with Crippen LogP contribution in [0.2, 0.25) is 0 Å². The molecule has 5 nitrogen and oxygen atoms in total. The van der Waals surface area contributed by atoms with E-state index in [0.717, 1.165) is 23.9 Å². The second-order valence-electron chi connectivity index (χ2n) is 7.71. The number of aliphatic hydroxyl groups is 1. The number of fused-ring (bicyclic) bond motifs is 1. The molecule has 0 aliphatic carbocycles. The van der Waals surface area contributed by atoms with Crippen molar-refractivity contribution in [3.8, 4) is 0 Å². The summed E-state index contributed by atoms with van der Waals surface area (Å²) in [6.07, 6.45) is 2.60. The highest BCUT2D eigenvalue weighted by Gasteiger charge is 2.38. The third kappa shape index (κ3) is 3.18. The summed E-state index contributed by atoms with van der Waals surface area (Å²) >= 11 is 0. The first kappa shape index (κ1) is 18.2. The minimum Gasteiger partial charge on any atom is -0.389 e. The number of benzene rings is 2. The van der Waals surface area contributed by atoms with Crippen LogP contribution in [0.1, 0.15) is 25.8 Å². The van der Waals surface area contributed by atoms with E-state index < -0.39 is 15.6 Å². The highest BCUT2D eigenvalue weighted by molar-refractivity contribution is 7.90. The summed E-state index contributed by atoms with van der Waals surface area (Å²) in [5.74, 6) is 0. The Bertz CT molecular complexity index is 1070. The van der Waals surface area contributed by atoms with E-state index in [-0.39, 0.29) is 10.9 Å². The molecule has 1 aliphatic rings. The maximum atomic E-state index is 13.0. The molecule has 2 aromatic carbocycles. The van der Waals surface area contributed by atoms with Gasteiger partial charge in [-0.1, -0.05) is 30.3 Å². The zero-order valence-corrected chi connectivity index (χ0v) is 16.4. The molecule has 0 unspecified atom stereocenters. The van der Waals surface area contributed by atoms with Gasteiger partial charge in [-0.2, -0.15) is 0 Å². The van der Waals surface area contributed by atoms with Crippen LogP contribution in [0.5, 0.6) is 0 Å². The van der Waals surface area contributed by atoms with Crippen LogP contribution in [0.4, 0.5) is 0 Å². The number of aromatic nitrogens is 1. The van der Waals surface area contributed by atoms with Crippen LogP contribution in [0, 0.1) is 0 Å². The molecule has 0 radical (unpaired) electrons. The third-order valence-electron chi connectivity index (χ3n) is 5.41. The fourth-order valence-electron chi connectivity index (χ4n) is 3.91. The number of hydrogen-bond donors (Lipinski definition) is 1. The molecule has 142 valence electrons. The van der Waals surface area contributed by atoms with Gasteiger partial charge in [-0.15, -0.1) is 0 Å². The summed E-state index contributed by atoms with van der Waals surface area (Å²) < 4.78 is 27.4. The summed E-state index contributed by atoms with van der Waals surface area (Å²) in [6.45, 7) is 5.32. The standard InChI is InChI=1S/C21H24N2O3S/c1-21(2,24)20-12-13-22(20)15-16-7-6-10-19-18(16)11-14-23(19)27(25,26)17-8-4-3-5-9-17/h3-11,14,20,24H,12-13,15H2,1-2H3/t20-/m0/s1. The lowest BCUT2D eigenvalue weighted by Gasteiger charge is -2.47. The van der Waals surface area contributed by atoms with Crippen molar-refractivity contribution in [1.82, 2.24) is 8.87 Å². The summed E-state index contributed by atoms with van der Waals surface area (Å²) in [5.41, 5.74) is 1.01. The molecule has 1 fully saturated rings. The van der Waals surface area contributed by atoms with E-state index in [2.05, 4.69) is 4.90 Å². The molecule has 0 spiro atoms. The minimum absolute atomic E-state index is 0.128. The first-order valence-electron chi connectivity index (χ1n) is 9.14. The minimum atomic E-state index is -3.63. The Morgan fingerprint density at radius 2 is 1.81 bits per heavy atom. The van der Waals surface area contributed by atoms with Crippen molar-refractivity contribution in [1.29, 1.82) is 0 Å². The van der Waals surface area contributed by atoms with Crippen LogP contribution in [0.15, 0.2) is 65.7 Å². The van der Waals surface area contributed by atoms with Gasteiger partial charge in [0.05, 0.1) is 16.0 Å².